The van der Waals surface area contributed by atoms with Crippen molar-refractivity contribution in [3.63, 3.8) is 0 Å². The summed E-state index contributed by atoms with van der Waals surface area (Å²) in [5.74, 6) is 1.07. The van der Waals surface area contributed by atoms with E-state index in [1.807, 2.05) is 0 Å². The second-order valence-electron chi connectivity index (χ2n) is 5.28. The summed E-state index contributed by atoms with van der Waals surface area (Å²) >= 11 is 0. The van der Waals surface area contributed by atoms with Crippen molar-refractivity contribution >= 4 is 0 Å². The van der Waals surface area contributed by atoms with E-state index in [2.05, 4.69) is 45.0 Å². The highest BCUT2D eigenvalue weighted by molar-refractivity contribution is 5.35. The molecule has 1 aromatic rings. The van der Waals surface area contributed by atoms with Gasteiger partial charge < -0.3 is 5.11 Å². The van der Waals surface area contributed by atoms with E-state index < -0.39 is 0 Å². The van der Waals surface area contributed by atoms with Crippen LogP contribution < -0.4 is 0 Å². The predicted octanol–water partition coefficient (Wildman–Crippen LogP) is 3.08. The van der Waals surface area contributed by atoms with E-state index in [-0.39, 0.29) is 5.41 Å². The van der Waals surface area contributed by atoms with E-state index >= 15 is 0 Å². The molecule has 1 aliphatic rings. The van der Waals surface area contributed by atoms with Crippen LogP contribution in [0.3, 0.4) is 0 Å². The molecule has 1 N–H and O–H groups in total. The van der Waals surface area contributed by atoms with Gasteiger partial charge in [-0.05, 0) is 34.8 Å². The van der Waals surface area contributed by atoms with E-state index in [0.717, 1.165) is 6.42 Å². The first-order valence-corrected chi connectivity index (χ1v) is 5.79. The minimum Gasteiger partial charge on any atom is -0.396 e. The Bertz CT molecular complexity index is 339. The van der Waals surface area contributed by atoms with Crippen LogP contribution in [0.1, 0.15) is 44.2 Å². The molecule has 0 bridgehead atoms. The molecule has 1 nitrogen and oxygen atoms in total. The fourth-order valence-corrected chi connectivity index (χ4v) is 2.32. The van der Waals surface area contributed by atoms with Gasteiger partial charge in [0.25, 0.3) is 0 Å². The van der Waals surface area contributed by atoms with Crippen molar-refractivity contribution in [1.29, 1.82) is 0 Å². The average molecular weight is 204 g/mol. The van der Waals surface area contributed by atoms with Gasteiger partial charge in [0, 0.05) is 6.61 Å². The lowest BCUT2D eigenvalue weighted by molar-refractivity contribution is 0.265. The number of benzene rings is 1. The summed E-state index contributed by atoms with van der Waals surface area (Å²) in [4.78, 5) is 0. The number of hydrogen-bond donors (Lipinski definition) is 1. The summed E-state index contributed by atoms with van der Waals surface area (Å²) in [6.45, 7) is 7.00. The summed E-state index contributed by atoms with van der Waals surface area (Å²) in [5, 5.41) is 9.15. The van der Waals surface area contributed by atoms with Crippen LogP contribution in [0.25, 0.3) is 0 Å². The van der Waals surface area contributed by atoms with Crippen molar-refractivity contribution in [2.45, 2.75) is 38.5 Å². The topological polar surface area (TPSA) is 20.2 Å². The third-order valence-corrected chi connectivity index (χ3v) is 3.87. The molecule has 1 fully saturated rings. The summed E-state index contributed by atoms with van der Waals surface area (Å²) < 4.78 is 0. The Balaban J connectivity index is 2.18. The fraction of sp³-hybridized carbons (Fsp3) is 0.571. The van der Waals surface area contributed by atoms with Crippen molar-refractivity contribution < 1.29 is 5.11 Å². The molecular weight excluding hydrogens is 184 g/mol. The lowest BCUT2D eigenvalue weighted by Crippen LogP contribution is -2.06. The summed E-state index contributed by atoms with van der Waals surface area (Å²) in [6.07, 6.45) is 1.13. The minimum atomic E-state index is 0.240. The van der Waals surface area contributed by atoms with Crippen molar-refractivity contribution in [2.75, 3.05) is 6.61 Å². The van der Waals surface area contributed by atoms with E-state index in [0.29, 0.717) is 18.4 Å². The monoisotopic (exact) mass is 204 g/mol. The molecule has 1 heteroatoms. The second kappa shape index (κ2) is 3.64. The number of rotatable bonds is 3. The van der Waals surface area contributed by atoms with Crippen molar-refractivity contribution in [3.05, 3.63) is 35.4 Å². The molecule has 0 spiro atoms. The van der Waals surface area contributed by atoms with E-state index in [4.69, 9.17) is 5.11 Å². The Morgan fingerprint density at radius 2 is 1.93 bits per heavy atom. The van der Waals surface area contributed by atoms with Gasteiger partial charge in [0.2, 0.25) is 0 Å². The lowest BCUT2D eigenvalue weighted by Gasteiger charge is -2.13. The Morgan fingerprint density at radius 3 is 2.33 bits per heavy atom. The van der Waals surface area contributed by atoms with Gasteiger partial charge >= 0.3 is 0 Å². The molecular formula is C14H20O. The highest BCUT2D eigenvalue weighted by Gasteiger charge is 2.50. The van der Waals surface area contributed by atoms with Gasteiger partial charge in [-0.15, -0.1) is 0 Å². The van der Waals surface area contributed by atoms with Crippen LogP contribution >= 0.6 is 0 Å². The van der Waals surface area contributed by atoms with Gasteiger partial charge in [0.15, 0.2) is 0 Å². The molecule has 0 radical (unpaired) electrons. The Labute approximate surface area is 92.1 Å². The maximum absolute atomic E-state index is 9.15. The maximum Gasteiger partial charge on any atom is 0.0468 e. The first-order chi connectivity index (χ1) is 7.08. The van der Waals surface area contributed by atoms with E-state index in [9.17, 15) is 0 Å². The van der Waals surface area contributed by atoms with Crippen LogP contribution in [-0.2, 0) is 5.41 Å². The predicted molar refractivity (Wildman–Crippen MR) is 63.1 cm³/mol. The average Bonchev–Trinajstić information content (AvgIpc) is 2.91. The van der Waals surface area contributed by atoms with Crippen LogP contribution in [-0.4, -0.2) is 11.7 Å². The van der Waals surface area contributed by atoms with Gasteiger partial charge in [-0.2, -0.15) is 0 Å². The number of aliphatic hydroxyl groups is 1. The highest BCUT2D eigenvalue weighted by atomic mass is 16.3. The molecule has 2 atom stereocenters. The third kappa shape index (κ3) is 1.81. The molecule has 0 amide bonds. The zero-order valence-electron chi connectivity index (χ0n) is 9.83. The summed E-state index contributed by atoms with van der Waals surface area (Å²) in [6, 6.07) is 8.89. The zero-order chi connectivity index (χ0) is 11.1. The quantitative estimate of drug-likeness (QED) is 0.802. The van der Waals surface area contributed by atoms with Gasteiger partial charge in [-0.1, -0.05) is 45.0 Å². The molecule has 1 aromatic carbocycles. The molecule has 0 aromatic heterocycles. The van der Waals surface area contributed by atoms with Crippen LogP contribution in [0, 0.1) is 5.92 Å². The van der Waals surface area contributed by atoms with E-state index in [1.54, 1.807) is 0 Å². The Hall–Kier alpha value is -0.820. The van der Waals surface area contributed by atoms with Crippen molar-refractivity contribution in [1.82, 2.24) is 0 Å². The molecule has 1 saturated carbocycles. The maximum atomic E-state index is 9.15. The highest BCUT2D eigenvalue weighted by Crippen LogP contribution is 2.53. The summed E-state index contributed by atoms with van der Waals surface area (Å²) in [7, 11) is 0. The first-order valence-electron chi connectivity index (χ1n) is 5.79. The second-order valence-corrected chi connectivity index (χ2v) is 5.28. The van der Waals surface area contributed by atoms with Gasteiger partial charge in [-0.25, -0.2) is 0 Å². The molecule has 0 saturated heterocycles. The minimum absolute atomic E-state index is 0.240. The molecule has 2 rings (SSSR count). The Morgan fingerprint density at radius 1 is 1.33 bits per heavy atom. The van der Waals surface area contributed by atoms with Gasteiger partial charge in [-0.3, -0.25) is 0 Å². The third-order valence-electron chi connectivity index (χ3n) is 3.87. The Kier molecular flexibility index (Phi) is 2.59. The molecule has 0 heterocycles. The van der Waals surface area contributed by atoms with Crippen LogP contribution in [0.4, 0.5) is 0 Å². The standard InChI is InChI=1S/C14H20O/c1-10(2)11-4-6-12(7-5-11)14(3)8-13(14)9-15/h4-7,10,13,15H,8-9H2,1-3H3. The SMILES string of the molecule is CC(C)c1ccc(C2(C)CC2CO)cc1. The molecule has 2 unspecified atom stereocenters. The van der Waals surface area contributed by atoms with Crippen LogP contribution in [0.2, 0.25) is 0 Å². The summed E-state index contributed by atoms with van der Waals surface area (Å²) in [5.41, 5.74) is 3.01. The molecule has 82 valence electrons. The molecule has 15 heavy (non-hydrogen) atoms. The normalized spacial score (nSPS) is 29.5. The smallest absolute Gasteiger partial charge is 0.0468 e. The fourth-order valence-electron chi connectivity index (χ4n) is 2.32. The van der Waals surface area contributed by atoms with Gasteiger partial charge in [0.1, 0.15) is 0 Å². The number of aliphatic hydroxyl groups excluding tert-OH is 1. The van der Waals surface area contributed by atoms with Crippen molar-refractivity contribution in [3.8, 4) is 0 Å². The van der Waals surface area contributed by atoms with Crippen LogP contribution in [0.5, 0.6) is 0 Å². The number of hydrogen-bond acceptors (Lipinski definition) is 1. The van der Waals surface area contributed by atoms with E-state index in [1.165, 1.54) is 11.1 Å². The largest absolute Gasteiger partial charge is 0.396 e. The van der Waals surface area contributed by atoms with Crippen molar-refractivity contribution in [2.24, 2.45) is 5.92 Å². The van der Waals surface area contributed by atoms with Gasteiger partial charge in [0.05, 0.1) is 0 Å². The first kappa shape index (κ1) is 10.7. The lowest BCUT2D eigenvalue weighted by atomic mass is 9.93. The van der Waals surface area contributed by atoms with Crippen LogP contribution in [0.15, 0.2) is 24.3 Å². The molecule has 0 aliphatic heterocycles. The molecule has 1 aliphatic carbocycles. The zero-order valence-corrected chi connectivity index (χ0v) is 9.83.